The number of hydrogen-bond donors (Lipinski definition) is 1. The highest BCUT2D eigenvalue weighted by molar-refractivity contribution is 5.93. The number of nitrogens with one attached hydrogen (secondary N) is 1. The molecule has 0 unspecified atom stereocenters. The van der Waals surface area contributed by atoms with Crippen LogP contribution in [0.4, 0.5) is 5.69 Å². The van der Waals surface area contributed by atoms with Crippen LogP contribution in [0, 0.1) is 0 Å². The van der Waals surface area contributed by atoms with Crippen LogP contribution in [0.5, 0.6) is 11.5 Å². The van der Waals surface area contributed by atoms with Crippen molar-refractivity contribution in [3.63, 3.8) is 0 Å². The second-order valence-corrected chi connectivity index (χ2v) is 6.66. The van der Waals surface area contributed by atoms with E-state index < -0.39 is 24.2 Å². The lowest BCUT2D eigenvalue weighted by atomic mass is 10.2. The zero-order chi connectivity index (χ0) is 20.9. The Kier molecular flexibility index (Phi) is 5.69. The fourth-order valence-electron chi connectivity index (χ4n) is 3.09. The van der Waals surface area contributed by atoms with Crippen molar-refractivity contribution in [1.82, 2.24) is 4.57 Å². The summed E-state index contributed by atoms with van der Waals surface area (Å²) in [7, 11) is 0. The molecule has 1 aliphatic heterocycles. The van der Waals surface area contributed by atoms with Gasteiger partial charge in [0.15, 0.2) is 23.7 Å². The maximum absolute atomic E-state index is 12.1. The fourth-order valence-corrected chi connectivity index (χ4v) is 3.09. The van der Waals surface area contributed by atoms with Crippen LogP contribution in [0.25, 0.3) is 11.1 Å². The Labute approximate surface area is 171 Å². The van der Waals surface area contributed by atoms with E-state index in [1.807, 2.05) is 0 Å². The molecule has 4 rings (SSSR count). The van der Waals surface area contributed by atoms with E-state index in [9.17, 15) is 14.4 Å². The van der Waals surface area contributed by atoms with Gasteiger partial charge in [-0.2, -0.15) is 0 Å². The van der Waals surface area contributed by atoms with Gasteiger partial charge >= 0.3 is 11.7 Å². The number of ether oxygens (including phenoxy) is 3. The number of aromatic nitrogens is 1. The fraction of sp³-hybridized carbons (Fsp3) is 0.286. The Hall–Kier alpha value is -3.75. The average molecular weight is 412 g/mol. The number of esters is 1. The van der Waals surface area contributed by atoms with E-state index in [2.05, 4.69) is 5.32 Å². The molecule has 0 spiro atoms. The molecule has 9 heteroatoms. The molecule has 0 fully saturated rings. The highest BCUT2D eigenvalue weighted by Crippen LogP contribution is 2.32. The van der Waals surface area contributed by atoms with E-state index in [1.165, 1.54) is 4.57 Å². The van der Waals surface area contributed by atoms with Crippen molar-refractivity contribution >= 4 is 28.7 Å². The predicted octanol–water partition coefficient (Wildman–Crippen LogP) is 2.33. The van der Waals surface area contributed by atoms with Gasteiger partial charge in [-0.3, -0.25) is 14.2 Å². The zero-order valence-corrected chi connectivity index (χ0v) is 16.1. The maximum atomic E-state index is 12.1. The van der Waals surface area contributed by atoms with Crippen LogP contribution in [-0.2, 0) is 20.9 Å². The van der Waals surface area contributed by atoms with Gasteiger partial charge in [0.2, 0.25) is 0 Å². The Bertz CT molecular complexity index is 1130. The normalized spacial score (nSPS) is 12.9. The minimum absolute atomic E-state index is 0.0687. The molecule has 0 aliphatic carbocycles. The van der Waals surface area contributed by atoms with Crippen LogP contribution < -0.4 is 20.5 Å². The number of para-hydroxylation sites is 2. The highest BCUT2D eigenvalue weighted by Gasteiger charge is 2.14. The number of hydrogen-bond acceptors (Lipinski definition) is 7. The molecule has 0 radical (unpaired) electrons. The molecular formula is C21H20N2O7. The van der Waals surface area contributed by atoms with Crippen LogP contribution in [0.2, 0.25) is 0 Å². The van der Waals surface area contributed by atoms with Gasteiger partial charge in [0.1, 0.15) is 0 Å². The molecule has 2 heterocycles. The lowest BCUT2D eigenvalue weighted by Crippen LogP contribution is -2.22. The third kappa shape index (κ3) is 4.45. The molecule has 156 valence electrons. The van der Waals surface area contributed by atoms with E-state index >= 15 is 0 Å². The molecule has 0 saturated heterocycles. The van der Waals surface area contributed by atoms with E-state index in [-0.39, 0.29) is 13.0 Å². The molecule has 1 aromatic heterocycles. The highest BCUT2D eigenvalue weighted by atomic mass is 16.5. The molecule has 3 aromatic rings. The topological polar surface area (TPSA) is 109 Å². The number of carbonyl (C=O) groups excluding carboxylic acids is 2. The van der Waals surface area contributed by atoms with Gasteiger partial charge in [-0.25, -0.2) is 4.79 Å². The van der Waals surface area contributed by atoms with Crippen molar-refractivity contribution in [1.29, 1.82) is 0 Å². The first kappa shape index (κ1) is 19.6. The molecule has 1 N–H and O–H groups in total. The maximum Gasteiger partial charge on any atom is 0.419 e. The van der Waals surface area contributed by atoms with Gasteiger partial charge in [-0.15, -0.1) is 0 Å². The minimum Gasteiger partial charge on any atom is -0.490 e. The van der Waals surface area contributed by atoms with Crippen LogP contribution >= 0.6 is 0 Å². The Morgan fingerprint density at radius 1 is 1.07 bits per heavy atom. The van der Waals surface area contributed by atoms with Gasteiger partial charge in [-0.1, -0.05) is 12.1 Å². The number of carbonyl (C=O) groups is 2. The van der Waals surface area contributed by atoms with E-state index in [4.69, 9.17) is 18.6 Å². The summed E-state index contributed by atoms with van der Waals surface area (Å²) < 4.78 is 22.6. The van der Waals surface area contributed by atoms with Gasteiger partial charge < -0.3 is 23.9 Å². The number of benzene rings is 2. The summed E-state index contributed by atoms with van der Waals surface area (Å²) >= 11 is 0. The Morgan fingerprint density at radius 2 is 1.87 bits per heavy atom. The Balaban J connectivity index is 1.28. The van der Waals surface area contributed by atoms with Gasteiger partial charge in [0.05, 0.1) is 25.2 Å². The number of nitrogens with zero attached hydrogens (tertiary/aromatic N) is 1. The smallest absolute Gasteiger partial charge is 0.419 e. The van der Waals surface area contributed by atoms with Crippen molar-refractivity contribution in [2.45, 2.75) is 19.4 Å². The summed E-state index contributed by atoms with van der Waals surface area (Å²) in [5.74, 6) is -0.445. The van der Waals surface area contributed by atoms with Crippen molar-refractivity contribution < 1.29 is 28.2 Å². The Morgan fingerprint density at radius 3 is 2.73 bits per heavy atom. The number of aryl methyl sites for hydroxylation is 1. The lowest BCUT2D eigenvalue weighted by molar-refractivity contribution is -0.147. The van der Waals surface area contributed by atoms with Gasteiger partial charge in [-0.05, 0) is 24.3 Å². The summed E-state index contributed by atoms with van der Waals surface area (Å²) in [4.78, 5) is 36.0. The molecule has 30 heavy (non-hydrogen) atoms. The van der Waals surface area contributed by atoms with E-state index in [0.29, 0.717) is 41.5 Å². The molecule has 9 nitrogen and oxygen atoms in total. The first-order chi connectivity index (χ1) is 14.6. The van der Waals surface area contributed by atoms with Gasteiger partial charge in [0, 0.05) is 24.7 Å². The van der Waals surface area contributed by atoms with Crippen LogP contribution in [0.1, 0.15) is 12.8 Å². The number of anilines is 1. The summed E-state index contributed by atoms with van der Waals surface area (Å²) in [6.07, 6.45) is 0.716. The third-order valence-corrected chi connectivity index (χ3v) is 4.51. The lowest BCUT2D eigenvalue weighted by Gasteiger charge is -2.10. The molecule has 2 aromatic carbocycles. The standard InChI is InChI=1S/C21H20N2O7/c24-19(22-14-6-7-17-18(12-14)28-11-3-10-27-17)13-29-20(25)8-9-23-15-4-1-2-5-16(15)30-21(23)26/h1-2,4-7,12H,3,8-11,13H2,(H,22,24). The van der Waals surface area contributed by atoms with Crippen LogP contribution in [0.3, 0.4) is 0 Å². The van der Waals surface area contributed by atoms with Crippen LogP contribution in [-0.4, -0.2) is 36.3 Å². The monoisotopic (exact) mass is 412 g/mol. The first-order valence-corrected chi connectivity index (χ1v) is 9.53. The minimum atomic E-state index is -0.596. The SMILES string of the molecule is O=C(COC(=O)CCn1c(=O)oc2ccccc21)Nc1ccc2c(c1)OCCCO2. The number of rotatable bonds is 6. The summed E-state index contributed by atoms with van der Waals surface area (Å²) in [5, 5.41) is 2.65. The van der Waals surface area contributed by atoms with Crippen molar-refractivity contribution in [3.8, 4) is 11.5 Å². The van der Waals surface area contributed by atoms with Gasteiger partial charge in [0.25, 0.3) is 5.91 Å². The average Bonchev–Trinajstić information content (AvgIpc) is 2.89. The van der Waals surface area contributed by atoms with Crippen LogP contribution in [0.15, 0.2) is 51.7 Å². The van der Waals surface area contributed by atoms with Crippen molar-refractivity contribution in [2.75, 3.05) is 25.1 Å². The van der Waals surface area contributed by atoms with Crippen molar-refractivity contribution in [2.24, 2.45) is 0 Å². The molecule has 0 atom stereocenters. The van der Waals surface area contributed by atoms with E-state index in [1.54, 1.807) is 42.5 Å². The number of amides is 1. The second-order valence-electron chi connectivity index (χ2n) is 6.66. The quantitative estimate of drug-likeness (QED) is 0.619. The predicted molar refractivity (Wildman–Crippen MR) is 107 cm³/mol. The summed E-state index contributed by atoms with van der Waals surface area (Å²) in [6, 6.07) is 12.0. The molecule has 1 amide bonds. The molecular weight excluding hydrogens is 392 g/mol. The third-order valence-electron chi connectivity index (χ3n) is 4.51. The number of fused-ring (bicyclic) bond motifs is 2. The number of oxazole rings is 1. The zero-order valence-electron chi connectivity index (χ0n) is 16.1. The first-order valence-electron chi connectivity index (χ1n) is 9.53. The second kappa shape index (κ2) is 8.73. The molecule has 1 aliphatic rings. The summed E-state index contributed by atoms with van der Waals surface area (Å²) in [5.41, 5.74) is 1.56. The molecule has 0 bridgehead atoms. The largest absolute Gasteiger partial charge is 0.490 e. The van der Waals surface area contributed by atoms with E-state index in [0.717, 1.165) is 6.42 Å². The molecule has 0 saturated carbocycles. The summed E-state index contributed by atoms with van der Waals surface area (Å²) in [6.45, 7) is 0.777. The van der Waals surface area contributed by atoms with Crippen molar-refractivity contribution in [3.05, 3.63) is 53.0 Å².